The van der Waals surface area contributed by atoms with E-state index in [0.29, 0.717) is 24.2 Å². The molecule has 0 amide bonds. The number of hydrogen-bond acceptors (Lipinski definition) is 2. The third kappa shape index (κ3) is 2.71. The van der Waals surface area contributed by atoms with E-state index in [1.165, 1.54) is 12.8 Å². The van der Waals surface area contributed by atoms with Gasteiger partial charge in [-0.1, -0.05) is 0 Å². The van der Waals surface area contributed by atoms with Crippen LogP contribution in [0.1, 0.15) is 47.5 Å². The van der Waals surface area contributed by atoms with Gasteiger partial charge in [0.05, 0.1) is 6.10 Å². The summed E-state index contributed by atoms with van der Waals surface area (Å²) in [5.41, 5.74) is 0. The topological polar surface area (TPSA) is 12.5 Å². The minimum Gasteiger partial charge on any atom is -0.377 e. The van der Waals surface area contributed by atoms with Crippen LogP contribution in [0.25, 0.3) is 0 Å². The summed E-state index contributed by atoms with van der Waals surface area (Å²) in [5, 5.41) is 0. The van der Waals surface area contributed by atoms with E-state index in [2.05, 4.69) is 39.5 Å². The third-order valence-electron chi connectivity index (χ3n) is 3.17. The summed E-state index contributed by atoms with van der Waals surface area (Å²) in [6, 6.07) is 1.76. The Bertz CT molecular complexity index is 154. The van der Waals surface area contributed by atoms with Gasteiger partial charge in [-0.25, -0.2) is 0 Å². The Morgan fingerprint density at radius 3 is 2.00 bits per heavy atom. The van der Waals surface area contributed by atoms with Crippen LogP contribution in [0.2, 0.25) is 0 Å². The molecular weight excluding hydrogens is 174 g/mol. The normalized spacial score (nSPS) is 25.3. The van der Waals surface area contributed by atoms with Crippen LogP contribution in [0.4, 0.5) is 0 Å². The average molecular weight is 199 g/mol. The van der Waals surface area contributed by atoms with Crippen molar-refractivity contribution in [1.29, 1.82) is 0 Å². The second-order valence-electron chi connectivity index (χ2n) is 4.93. The molecule has 0 N–H and O–H groups in total. The Hall–Kier alpha value is -0.0800. The average Bonchev–Trinajstić information content (AvgIpc) is 2.53. The molecule has 84 valence electrons. The lowest BCUT2D eigenvalue weighted by molar-refractivity contribution is 0.00393. The van der Waals surface area contributed by atoms with Gasteiger partial charge in [-0.05, 0) is 47.5 Å². The summed E-state index contributed by atoms with van der Waals surface area (Å²) in [6.45, 7) is 12.3. The maximum absolute atomic E-state index is 5.75. The van der Waals surface area contributed by atoms with Gasteiger partial charge in [-0.15, -0.1) is 0 Å². The summed E-state index contributed by atoms with van der Waals surface area (Å²) in [6.07, 6.45) is 2.93. The predicted octanol–water partition coefficient (Wildman–Crippen LogP) is 2.67. The fourth-order valence-corrected chi connectivity index (χ4v) is 2.71. The molecule has 2 nitrogen and oxygen atoms in total. The number of hydrogen-bond donors (Lipinski definition) is 0. The molecule has 0 bridgehead atoms. The van der Waals surface area contributed by atoms with Crippen LogP contribution in [-0.4, -0.2) is 35.7 Å². The Labute approximate surface area is 88.6 Å². The van der Waals surface area contributed by atoms with Gasteiger partial charge in [0.1, 0.15) is 0 Å². The second kappa shape index (κ2) is 5.13. The van der Waals surface area contributed by atoms with Gasteiger partial charge < -0.3 is 4.74 Å². The molecule has 0 aromatic carbocycles. The van der Waals surface area contributed by atoms with Crippen LogP contribution in [-0.2, 0) is 4.74 Å². The molecule has 0 saturated carbocycles. The first-order valence-electron chi connectivity index (χ1n) is 5.93. The zero-order valence-corrected chi connectivity index (χ0v) is 10.3. The van der Waals surface area contributed by atoms with Crippen LogP contribution in [0.5, 0.6) is 0 Å². The highest BCUT2D eigenvalue weighted by atomic mass is 16.5. The van der Waals surface area contributed by atoms with Gasteiger partial charge in [-0.2, -0.15) is 0 Å². The van der Waals surface area contributed by atoms with E-state index >= 15 is 0 Å². The van der Waals surface area contributed by atoms with Crippen LogP contribution in [0.3, 0.4) is 0 Å². The fraction of sp³-hybridized carbons (Fsp3) is 1.00. The minimum atomic E-state index is 0.458. The van der Waals surface area contributed by atoms with E-state index in [9.17, 15) is 0 Å². The molecule has 2 atom stereocenters. The molecule has 0 aromatic heterocycles. The molecule has 2 unspecified atom stereocenters. The standard InChI is InChI=1S/C12H25NO/c1-9(2)13(10(3)4)11(5)12-7-6-8-14-12/h9-12H,6-8H2,1-5H3. The van der Waals surface area contributed by atoms with Gasteiger partial charge in [0.15, 0.2) is 0 Å². The van der Waals surface area contributed by atoms with Crippen molar-refractivity contribution in [3.63, 3.8) is 0 Å². The molecule has 1 aliphatic rings. The molecule has 0 aromatic rings. The zero-order valence-electron chi connectivity index (χ0n) is 10.3. The highest BCUT2D eigenvalue weighted by Gasteiger charge is 2.29. The molecule has 1 saturated heterocycles. The van der Waals surface area contributed by atoms with E-state index in [4.69, 9.17) is 4.74 Å². The van der Waals surface area contributed by atoms with E-state index in [-0.39, 0.29) is 0 Å². The molecule has 2 heteroatoms. The zero-order chi connectivity index (χ0) is 10.7. The maximum Gasteiger partial charge on any atom is 0.0728 e. The Morgan fingerprint density at radius 1 is 1.07 bits per heavy atom. The van der Waals surface area contributed by atoms with Crippen LogP contribution < -0.4 is 0 Å². The second-order valence-corrected chi connectivity index (χ2v) is 4.93. The Kier molecular flexibility index (Phi) is 4.39. The molecule has 0 aliphatic carbocycles. The van der Waals surface area contributed by atoms with E-state index in [1.807, 2.05) is 0 Å². The number of nitrogens with zero attached hydrogens (tertiary/aromatic N) is 1. The highest BCUT2D eigenvalue weighted by Crippen LogP contribution is 2.22. The molecule has 1 fully saturated rings. The van der Waals surface area contributed by atoms with Crippen molar-refractivity contribution in [2.75, 3.05) is 6.61 Å². The monoisotopic (exact) mass is 199 g/mol. The lowest BCUT2D eigenvalue weighted by atomic mass is 10.0. The minimum absolute atomic E-state index is 0.458. The molecule has 0 radical (unpaired) electrons. The summed E-state index contributed by atoms with van der Waals surface area (Å²) in [5.74, 6) is 0. The van der Waals surface area contributed by atoms with Crippen molar-refractivity contribution < 1.29 is 4.74 Å². The van der Waals surface area contributed by atoms with Gasteiger partial charge in [0, 0.05) is 24.7 Å². The SMILES string of the molecule is CC(C)N(C(C)C)C(C)C1CCCO1. The van der Waals surface area contributed by atoms with Crippen molar-refractivity contribution in [3.05, 3.63) is 0 Å². The predicted molar refractivity (Wildman–Crippen MR) is 60.5 cm³/mol. The summed E-state index contributed by atoms with van der Waals surface area (Å²) >= 11 is 0. The maximum atomic E-state index is 5.75. The van der Waals surface area contributed by atoms with Crippen molar-refractivity contribution in [2.45, 2.75) is 71.7 Å². The van der Waals surface area contributed by atoms with Gasteiger partial charge >= 0.3 is 0 Å². The van der Waals surface area contributed by atoms with Gasteiger partial charge in [0.2, 0.25) is 0 Å². The molecule has 1 rings (SSSR count). The van der Waals surface area contributed by atoms with E-state index in [1.54, 1.807) is 0 Å². The van der Waals surface area contributed by atoms with Gasteiger partial charge in [0.25, 0.3) is 0 Å². The van der Waals surface area contributed by atoms with Crippen LogP contribution in [0.15, 0.2) is 0 Å². The summed E-state index contributed by atoms with van der Waals surface area (Å²) in [7, 11) is 0. The molecule has 1 heterocycles. The van der Waals surface area contributed by atoms with Crippen molar-refractivity contribution >= 4 is 0 Å². The van der Waals surface area contributed by atoms with Crippen molar-refractivity contribution in [3.8, 4) is 0 Å². The first-order chi connectivity index (χ1) is 6.54. The molecule has 0 spiro atoms. The lowest BCUT2D eigenvalue weighted by Crippen LogP contribution is -2.48. The Balaban J connectivity index is 2.57. The van der Waals surface area contributed by atoms with Crippen molar-refractivity contribution in [2.24, 2.45) is 0 Å². The third-order valence-corrected chi connectivity index (χ3v) is 3.17. The quantitative estimate of drug-likeness (QED) is 0.690. The summed E-state index contributed by atoms with van der Waals surface area (Å²) < 4.78 is 5.75. The first kappa shape index (κ1) is 12.0. The Morgan fingerprint density at radius 2 is 1.64 bits per heavy atom. The molecular formula is C12H25NO. The lowest BCUT2D eigenvalue weighted by Gasteiger charge is -2.38. The van der Waals surface area contributed by atoms with Crippen LogP contribution in [0, 0.1) is 0 Å². The fourth-order valence-electron chi connectivity index (χ4n) is 2.71. The largest absolute Gasteiger partial charge is 0.377 e. The van der Waals surface area contributed by atoms with Gasteiger partial charge in [-0.3, -0.25) is 4.90 Å². The van der Waals surface area contributed by atoms with Crippen LogP contribution >= 0.6 is 0 Å². The smallest absolute Gasteiger partial charge is 0.0728 e. The first-order valence-corrected chi connectivity index (χ1v) is 5.93. The highest BCUT2D eigenvalue weighted by molar-refractivity contribution is 4.83. The van der Waals surface area contributed by atoms with E-state index in [0.717, 1.165) is 6.61 Å². The molecule has 1 aliphatic heterocycles. The number of rotatable bonds is 4. The van der Waals surface area contributed by atoms with Crippen molar-refractivity contribution in [1.82, 2.24) is 4.90 Å². The van der Waals surface area contributed by atoms with E-state index < -0.39 is 0 Å². The molecule has 14 heavy (non-hydrogen) atoms. The number of ether oxygens (including phenoxy) is 1. The summed E-state index contributed by atoms with van der Waals surface area (Å²) in [4.78, 5) is 2.55.